The van der Waals surface area contributed by atoms with Gasteiger partial charge in [-0.15, -0.1) is 0 Å². The Morgan fingerprint density at radius 1 is 1.33 bits per heavy atom. The lowest BCUT2D eigenvalue weighted by Crippen LogP contribution is -1.88. The second-order valence-electron chi connectivity index (χ2n) is 2.67. The van der Waals surface area contributed by atoms with Gasteiger partial charge in [-0.25, -0.2) is 4.98 Å². The molecule has 0 unspecified atom stereocenters. The van der Waals surface area contributed by atoms with Gasteiger partial charge < -0.3 is 4.98 Å². The summed E-state index contributed by atoms with van der Waals surface area (Å²) in [5.41, 5.74) is 2.83. The van der Waals surface area contributed by atoms with Gasteiger partial charge >= 0.3 is 0 Å². The zero-order valence-electron chi connectivity index (χ0n) is 6.66. The Kier molecular flexibility index (Phi) is 1.66. The van der Waals surface area contributed by atoms with Crippen molar-refractivity contribution in [2.75, 3.05) is 0 Å². The van der Waals surface area contributed by atoms with E-state index in [2.05, 4.69) is 9.97 Å². The number of para-hydroxylation sites is 2. The Balaban J connectivity index is 2.93. The summed E-state index contributed by atoms with van der Waals surface area (Å²) in [6, 6.07) is 7.86. The Morgan fingerprint density at radius 3 is 2.92 bits per heavy atom. The van der Waals surface area contributed by atoms with Crippen LogP contribution in [-0.4, -0.2) is 9.97 Å². The van der Waals surface area contributed by atoms with E-state index >= 15 is 0 Å². The summed E-state index contributed by atoms with van der Waals surface area (Å²) < 4.78 is 0.716. The largest absolute Gasteiger partial charge is 0.343 e. The molecule has 0 radical (unpaired) electrons. The van der Waals surface area contributed by atoms with Crippen molar-refractivity contribution in [2.45, 2.75) is 6.92 Å². The van der Waals surface area contributed by atoms with Crippen LogP contribution in [0.1, 0.15) is 5.69 Å². The van der Waals surface area contributed by atoms with Gasteiger partial charge in [-0.05, 0) is 19.1 Å². The number of hydrogen-bond donors (Lipinski definition) is 1. The molecule has 0 saturated carbocycles. The van der Waals surface area contributed by atoms with Crippen LogP contribution in [0.4, 0.5) is 0 Å². The molecule has 0 fully saturated rings. The number of benzene rings is 1. The molecule has 0 amide bonds. The Hall–Kier alpha value is -1.22. The van der Waals surface area contributed by atoms with Crippen LogP contribution in [0.15, 0.2) is 24.3 Å². The number of aromatic nitrogens is 2. The highest BCUT2D eigenvalue weighted by Gasteiger charge is 1.94. The van der Waals surface area contributed by atoms with Crippen LogP contribution < -0.4 is 0 Å². The normalized spacial score (nSPS) is 10.4. The second-order valence-corrected chi connectivity index (χ2v) is 3.08. The highest BCUT2D eigenvalue weighted by Crippen LogP contribution is 2.08. The van der Waals surface area contributed by atoms with Crippen molar-refractivity contribution in [2.24, 2.45) is 0 Å². The number of H-pyrrole nitrogens is 1. The fourth-order valence-electron chi connectivity index (χ4n) is 1.12. The third kappa shape index (κ3) is 1.12. The molecule has 2 nitrogen and oxygen atoms in total. The highest BCUT2D eigenvalue weighted by atomic mass is 32.1. The third-order valence-corrected chi connectivity index (χ3v) is 2.17. The quantitative estimate of drug-likeness (QED) is 0.625. The predicted octanol–water partition coefficient (Wildman–Crippen LogP) is 2.60. The first-order valence-electron chi connectivity index (χ1n) is 3.73. The minimum Gasteiger partial charge on any atom is -0.343 e. The van der Waals surface area contributed by atoms with Gasteiger partial charge in [0, 0.05) is 0 Å². The molecule has 3 heteroatoms. The molecule has 1 N–H and O–H groups in total. The summed E-state index contributed by atoms with van der Waals surface area (Å²) >= 11 is 5.06. The molecule has 0 aliphatic carbocycles. The average Bonchev–Trinajstić information content (AvgIpc) is 2.07. The molecule has 0 aliphatic heterocycles. The standard InChI is InChI=1S/C9H8N2S/c1-6-9(12)11-8-5-3-2-4-7(8)10-6/h2-5H,1H3,(H,11,12). The Labute approximate surface area is 75.3 Å². The predicted molar refractivity (Wildman–Crippen MR) is 51.7 cm³/mol. The minimum atomic E-state index is 0.716. The van der Waals surface area contributed by atoms with Gasteiger partial charge in [-0.1, -0.05) is 24.4 Å². The smallest absolute Gasteiger partial charge is 0.125 e. The van der Waals surface area contributed by atoms with E-state index in [9.17, 15) is 0 Å². The van der Waals surface area contributed by atoms with Crippen LogP contribution in [-0.2, 0) is 0 Å². The monoisotopic (exact) mass is 176 g/mol. The van der Waals surface area contributed by atoms with E-state index < -0.39 is 0 Å². The summed E-state index contributed by atoms with van der Waals surface area (Å²) in [5, 5.41) is 0. The van der Waals surface area contributed by atoms with E-state index in [1.54, 1.807) is 0 Å². The molecular formula is C9H8N2S. The summed E-state index contributed by atoms with van der Waals surface area (Å²) in [5.74, 6) is 0. The van der Waals surface area contributed by atoms with Crippen LogP contribution in [0.3, 0.4) is 0 Å². The topological polar surface area (TPSA) is 28.7 Å². The van der Waals surface area contributed by atoms with E-state index in [1.807, 2.05) is 31.2 Å². The highest BCUT2D eigenvalue weighted by molar-refractivity contribution is 7.71. The molecule has 0 bridgehead atoms. The molecule has 60 valence electrons. The number of rotatable bonds is 0. The molecule has 0 atom stereocenters. The molecule has 2 aromatic rings. The summed E-state index contributed by atoms with van der Waals surface area (Å²) in [6.07, 6.45) is 0. The van der Waals surface area contributed by atoms with Crippen LogP contribution >= 0.6 is 12.2 Å². The molecule has 0 saturated heterocycles. The van der Waals surface area contributed by atoms with Gasteiger partial charge in [0.2, 0.25) is 0 Å². The lowest BCUT2D eigenvalue weighted by atomic mass is 10.3. The molecule has 1 aromatic heterocycles. The summed E-state index contributed by atoms with van der Waals surface area (Å²) in [6.45, 7) is 1.91. The molecule has 0 aliphatic rings. The number of aromatic amines is 1. The maximum atomic E-state index is 5.06. The van der Waals surface area contributed by atoms with Crippen LogP contribution in [0.5, 0.6) is 0 Å². The number of nitrogens with one attached hydrogen (secondary N) is 1. The van der Waals surface area contributed by atoms with E-state index in [0.717, 1.165) is 16.7 Å². The first-order valence-corrected chi connectivity index (χ1v) is 4.14. The van der Waals surface area contributed by atoms with Crippen molar-refractivity contribution in [3.8, 4) is 0 Å². The maximum absolute atomic E-state index is 5.06. The molecule has 1 heterocycles. The average molecular weight is 176 g/mol. The second kappa shape index (κ2) is 2.68. The number of hydrogen-bond acceptors (Lipinski definition) is 2. The van der Waals surface area contributed by atoms with E-state index in [-0.39, 0.29) is 0 Å². The van der Waals surface area contributed by atoms with Crippen LogP contribution in [0, 0.1) is 11.6 Å². The minimum absolute atomic E-state index is 0.716. The fraction of sp³-hybridized carbons (Fsp3) is 0.111. The molecule has 0 spiro atoms. The van der Waals surface area contributed by atoms with Gasteiger partial charge in [-0.3, -0.25) is 0 Å². The lowest BCUT2D eigenvalue weighted by Gasteiger charge is -1.97. The van der Waals surface area contributed by atoms with Gasteiger partial charge in [0.15, 0.2) is 0 Å². The maximum Gasteiger partial charge on any atom is 0.125 e. The lowest BCUT2D eigenvalue weighted by molar-refractivity contribution is 1.16. The SMILES string of the molecule is Cc1nc2ccccc2[nH]c1=S. The Morgan fingerprint density at radius 2 is 2.08 bits per heavy atom. The van der Waals surface area contributed by atoms with Crippen molar-refractivity contribution in [1.29, 1.82) is 0 Å². The van der Waals surface area contributed by atoms with Crippen LogP contribution in [0.2, 0.25) is 0 Å². The van der Waals surface area contributed by atoms with Gasteiger partial charge in [-0.2, -0.15) is 0 Å². The zero-order chi connectivity index (χ0) is 8.55. The fourth-order valence-corrected chi connectivity index (χ4v) is 1.28. The first kappa shape index (κ1) is 7.43. The van der Waals surface area contributed by atoms with Crippen molar-refractivity contribution in [1.82, 2.24) is 9.97 Å². The number of fused-ring (bicyclic) bond motifs is 1. The van der Waals surface area contributed by atoms with Crippen molar-refractivity contribution in [3.63, 3.8) is 0 Å². The molecule has 2 rings (SSSR count). The van der Waals surface area contributed by atoms with E-state index in [4.69, 9.17) is 12.2 Å². The van der Waals surface area contributed by atoms with E-state index in [1.165, 1.54) is 0 Å². The first-order chi connectivity index (χ1) is 5.77. The van der Waals surface area contributed by atoms with Gasteiger partial charge in [0.1, 0.15) is 4.64 Å². The van der Waals surface area contributed by atoms with Gasteiger partial charge in [0.05, 0.1) is 16.7 Å². The molecule has 1 aromatic carbocycles. The Bertz CT molecular complexity index is 473. The molecule has 12 heavy (non-hydrogen) atoms. The van der Waals surface area contributed by atoms with Crippen molar-refractivity contribution >= 4 is 23.3 Å². The van der Waals surface area contributed by atoms with E-state index in [0.29, 0.717) is 4.64 Å². The molecular weight excluding hydrogens is 168 g/mol. The number of nitrogens with zero attached hydrogens (tertiary/aromatic N) is 1. The van der Waals surface area contributed by atoms with Crippen molar-refractivity contribution in [3.05, 3.63) is 34.6 Å². The summed E-state index contributed by atoms with van der Waals surface area (Å²) in [7, 11) is 0. The van der Waals surface area contributed by atoms with Crippen LogP contribution in [0.25, 0.3) is 11.0 Å². The van der Waals surface area contributed by atoms with Gasteiger partial charge in [0.25, 0.3) is 0 Å². The summed E-state index contributed by atoms with van der Waals surface area (Å²) in [4.78, 5) is 7.45. The zero-order valence-corrected chi connectivity index (χ0v) is 7.48. The van der Waals surface area contributed by atoms with Crippen molar-refractivity contribution < 1.29 is 0 Å². The third-order valence-electron chi connectivity index (χ3n) is 1.77. The number of aryl methyl sites for hydroxylation is 1.